The van der Waals surface area contributed by atoms with Crippen molar-refractivity contribution in [1.29, 1.82) is 0 Å². The molecular formula is C25H26FN3O4. The molecule has 1 fully saturated rings. The van der Waals surface area contributed by atoms with Crippen LogP contribution in [0.2, 0.25) is 0 Å². The van der Waals surface area contributed by atoms with Crippen LogP contribution < -0.4 is 19.8 Å². The van der Waals surface area contributed by atoms with Crippen LogP contribution >= 0.6 is 0 Å². The molecule has 1 amide bonds. The molecule has 0 unspecified atom stereocenters. The van der Waals surface area contributed by atoms with Crippen molar-refractivity contribution in [2.45, 2.75) is 6.61 Å². The molecule has 2 aromatic carbocycles. The number of nitrogens with zero attached hydrogens (tertiary/aromatic N) is 3. The zero-order chi connectivity index (χ0) is 23.4. The Morgan fingerprint density at radius 3 is 2.52 bits per heavy atom. The molecule has 4 rings (SSSR count). The number of para-hydroxylation sites is 1. The fraction of sp³-hybridized carbons (Fsp3) is 0.280. The van der Waals surface area contributed by atoms with E-state index in [1.807, 2.05) is 29.2 Å². The van der Waals surface area contributed by atoms with E-state index in [9.17, 15) is 14.0 Å². The van der Waals surface area contributed by atoms with E-state index in [0.717, 1.165) is 5.56 Å². The Balaban J connectivity index is 1.42. The molecular weight excluding hydrogens is 425 g/mol. The summed E-state index contributed by atoms with van der Waals surface area (Å²) in [4.78, 5) is 29.3. The van der Waals surface area contributed by atoms with Gasteiger partial charge in [0.15, 0.2) is 5.75 Å². The predicted molar refractivity (Wildman–Crippen MR) is 124 cm³/mol. The van der Waals surface area contributed by atoms with Crippen LogP contribution in [-0.4, -0.2) is 48.7 Å². The topological polar surface area (TPSA) is 64.0 Å². The number of aromatic nitrogens is 1. The molecule has 3 aromatic rings. The Bertz CT molecular complexity index is 1200. The number of methoxy groups -OCH3 is 1. The Hall–Kier alpha value is -3.81. The number of amides is 1. The largest absolute Gasteiger partial charge is 0.497 e. The summed E-state index contributed by atoms with van der Waals surface area (Å²) in [6, 6.07) is 15.3. The lowest BCUT2D eigenvalue weighted by atomic mass is 10.2. The maximum absolute atomic E-state index is 14.1. The summed E-state index contributed by atoms with van der Waals surface area (Å²) in [5.41, 5.74) is 1.33. The monoisotopic (exact) mass is 451 g/mol. The third kappa shape index (κ3) is 5.00. The number of ether oxygens (including phenoxy) is 2. The van der Waals surface area contributed by atoms with Gasteiger partial charge in [-0.2, -0.15) is 0 Å². The third-order valence-electron chi connectivity index (χ3n) is 5.71. The molecule has 0 radical (unpaired) electrons. The lowest BCUT2D eigenvalue weighted by Gasteiger charge is -2.36. The van der Waals surface area contributed by atoms with Crippen molar-refractivity contribution in [3.05, 3.63) is 88.1 Å². The second kappa shape index (κ2) is 9.77. The fourth-order valence-corrected chi connectivity index (χ4v) is 3.87. The molecule has 2 heterocycles. The summed E-state index contributed by atoms with van der Waals surface area (Å²) in [6.45, 7) is 2.12. The highest BCUT2D eigenvalue weighted by Gasteiger charge is 2.25. The van der Waals surface area contributed by atoms with E-state index in [0.29, 0.717) is 37.6 Å². The first-order valence-corrected chi connectivity index (χ1v) is 10.7. The van der Waals surface area contributed by atoms with E-state index in [4.69, 9.17) is 9.47 Å². The van der Waals surface area contributed by atoms with Gasteiger partial charge in [0.1, 0.15) is 23.9 Å². The van der Waals surface area contributed by atoms with Gasteiger partial charge in [-0.1, -0.05) is 24.3 Å². The van der Waals surface area contributed by atoms with Crippen LogP contribution in [0.25, 0.3) is 0 Å². The van der Waals surface area contributed by atoms with Gasteiger partial charge in [0.05, 0.1) is 19.0 Å². The van der Waals surface area contributed by atoms with E-state index in [1.165, 1.54) is 18.3 Å². The van der Waals surface area contributed by atoms with Crippen molar-refractivity contribution in [2.75, 3.05) is 38.2 Å². The number of aryl methyl sites for hydroxylation is 1. The van der Waals surface area contributed by atoms with Gasteiger partial charge in [-0.25, -0.2) is 4.39 Å². The summed E-state index contributed by atoms with van der Waals surface area (Å²) in [6.07, 6.45) is 1.53. The molecule has 7 nitrogen and oxygen atoms in total. The van der Waals surface area contributed by atoms with Gasteiger partial charge in [-0.15, -0.1) is 0 Å². The van der Waals surface area contributed by atoms with Gasteiger partial charge in [0.25, 0.3) is 5.91 Å². The van der Waals surface area contributed by atoms with E-state index < -0.39 is 0 Å². The van der Waals surface area contributed by atoms with Crippen LogP contribution in [0, 0.1) is 5.82 Å². The van der Waals surface area contributed by atoms with Crippen molar-refractivity contribution < 1.29 is 18.7 Å². The Labute approximate surface area is 191 Å². The van der Waals surface area contributed by atoms with E-state index in [2.05, 4.69) is 0 Å². The molecule has 0 N–H and O–H groups in total. The van der Waals surface area contributed by atoms with Gasteiger partial charge < -0.3 is 23.8 Å². The van der Waals surface area contributed by atoms with Crippen LogP contribution in [0.5, 0.6) is 11.5 Å². The number of rotatable bonds is 6. The number of piperazine rings is 1. The van der Waals surface area contributed by atoms with Crippen molar-refractivity contribution in [1.82, 2.24) is 9.47 Å². The second-order valence-corrected chi connectivity index (χ2v) is 7.87. The number of anilines is 1. The lowest BCUT2D eigenvalue weighted by Crippen LogP contribution is -2.49. The molecule has 8 heteroatoms. The number of hydrogen-bond acceptors (Lipinski definition) is 5. The molecule has 1 aliphatic heterocycles. The predicted octanol–water partition coefficient (Wildman–Crippen LogP) is 3.07. The molecule has 0 aliphatic carbocycles. The summed E-state index contributed by atoms with van der Waals surface area (Å²) >= 11 is 0. The average molecular weight is 451 g/mol. The normalized spacial score (nSPS) is 13.7. The number of carbonyl (C=O) groups excluding carboxylic acids is 1. The standard InChI is InChI=1S/C25H26FN3O4/c1-27-16-24(33-17-18-6-5-7-19(14-18)32-2)23(30)15-22(27)25(31)29-12-10-28(11-13-29)21-9-4-3-8-20(21)26/h3-9,14-16H,10-13,17H2,1-2H3. The summed E-state index contributed by atoms with van der Waals surface area (Å²) < 4.78 is 26.6. The minimum absolute atomic E-state index is 0.168. The van der Waals surface area contributed by atoms with Gasteiger partial charge >= 0.3 is 0 Å². The van der Waals surface area contributed by atoms with Crippen LogP contribution in [0.1, 0.15) is 16.1 Å². The molecule has 1 saturated heterocycles. The molecule has 0 atom stereocenters. The number of hydrogen-bond donors (Lipinski definition) is 0. The van der Waals surface area contributed by atoms with Crippen molar-refractivity contribution in [2.24, 2.45) is 7.05 Å². The first kappa shape index (κ1) is 22.4. The summed E-state index contributed by atoms with van der Waals surface area (Å²) in [7, 11) is 3.30. The van der Waals surface area contributed by atoms with E-state index in [1.54, 1.807) is 41.8 Å². The number of carbonyl (C=O) groups is 1. The Morgan fingerprint density at radius 2 is 1.79 bits per heavy atom. The Kier molecular flexibility index (Phi) is 6.63. The Morgan fingerprint density at radius 1 is 1.03 bits per heavy atom. The number of pyridine rings is 1. The van der Waals surface area contributed by atoms with Gasteiger partial charge in [-0.05, 0) is 29.8 Å². The maximum atomic E-state index is 14.1. The van der Waals surface area contributed by atoms with E-state index in [-0.39, 0.29) is 35.2 Å². The maximum Gasteiger partial charge on any atom is 0.270 e. The molecule has 0 bridgehead atoms. The summed E-state index contributed by atoms with van der Waals surface area (Å²) in [5.74, 6) is 0.368. The van der Waals surface area contributed by atoms with Crippen molar-refractivity contribution in [3.8, 4) is 11.5 Å². The SMILES string of the molecule is COc1cccc(COc2cn(C)c(C(=O)N3CCN(c4ccccc4F)CC3)cc2=O)c1. The van der Waals surface area contributed by atoms with E-state index >= 15 is 0 Å². The highest BCUT2D eigenvalue weighted by Crippen LogP contribution is 2.21. The molecule has 1 aromatic heterocycles. The first-order valence-electron chi connectivity index (χ1n) is 10.7. The zero-order valence-electron chi connectivity index (χ0n) is 18.7. The zero-order valence-corrected chi connectivity index (χ0v) is 18.7. The lowest BCUT2D eigenvalue weighted by molar-refractivity contribution is 0.0735. The van der Waals surface area contributed by atoms with Crippen molar-refractivity contribution >= 4 is 11.6 Å². The smallest absolute Gasteiger partial charge is 0.270 e. The molecule has 0 saturated carbocycles. The highest BCUT2D eigenvalue weighted by molar-refractivity contribution is 5.92. The average Bonchev–Trinajstić information content (AvgIpc) is 2.84. The second-order valence-electron chi connectivity index (χ2n) is 7.87. The van der Waals surface area contributed by atoms with Gasteiger partial charge in [0.2, 0.25) is 5.43 Å². The molecule has 0 spiro atoms. The molecule has 33 heavy (non-hydrogen) atoms. The quantitative estimate of drug-likeness (QED) is 0.577. The van der Waals surface area contributed by atoms with Gasteiger partial charge in [-0.3, -0.25) is 9.59 Å². The minimum Gasteiger partial charge on any atom is -0.497 e. The van der Waals surface area contributed by atoms with Gasteiger partial charge in [0, 0.05) is 39.3 Å². The molecule has 172 valence electrons. The first-order chi connectivity index (χ1) is 16.0. The van der Waals surface area contributed by atoms with Crippen LogP contribution in [0.15, 0.2) is 65.6 Å². The molecule has 1 aliphatic rings. The van der Waals surface area contributed by atoms with Crippen LogP contribution in [0.3, 0.4) is 0 Å². The number of halogens is 1. The van der Waals surface area contributed by atoms with Crippen LogP contribution in [-0.2, 0) is 13.7 Å². The fourth-order valence-electron chi connectivity index (χ4n) is 3.87. The van der Waals surface area contributed by atoms with Crippen molar-refractivity contribution in [3.63, 3.8) is 0 Å². The number of benzene rings is 2. The highest BCUT2D eigenvalue weighted by atomic mass is 19.1. The summed E-state index contributed by atoms with van der Waals surface area (Å²) in [5, 5.41) is 0. The minimum atomic E-state index is -0.357. The third-order valence-corrected chi connectivity index (χ3v) is 5.71. The van der Waals surface area contributed by atoms with Crippen LogP contribution in [0.4, 0.5) is 10.1 Å².